The first kappa shape index (κ1) is 15.8. The van der Waals surface area contributed by atoms with Crippen LogP contribution in [-0.2, 0) is 9.53 Å². The lowest BCUT2D eigenvalue weighted by atomic mass is 9.96. The fourth-order valence-corrected chi connectivity index (χ4v) is 2.15. The molecule has 6 heteroatoms. The van der Waals surface area contributed by atoms with Crippen molar-refractivity contribution in [2.75, 3.05) is 33.9 Å². The average Bonchev–Trinajstić information content (AvgIpc) is 2.45. The van der Waals surface area contributed by atoms with Gasteiger partial charge in [-0.15, -0.1) is 0 Å². The molecular formula is C13H26N4O2. The Morgan fingerprint density at radius 3 is 2.63 bits per heavy atom. The molecule has 0 aliphatic heterocycles. The van der Waals surface area contributed by atoms with Gasteiger partial charge < -0.3 is 20.7 Å². The molecule has 0 heterocycles. The van der Waals surface area contributed by atoms with Gasteiger partial charge in [0.05, 0.1) is 13.2 Å². The Labute approximate surface area is 115 Å². The van der Waals surface area contributed by atoms with Gasteiger partial charge in [-0.05, 0) is 12.8 Å². The fourth-order valence-electron chi connectivity index (χ4n) is 2.15. The molecule has 19 heavy (non-hydrogen) atoms. The van der Waals surface area contributed by atoms with Gasteiger partial charge in [-0.2, -0.15) is 0 Å². The summed E-state index contributed by atoms with van der Waals surface area (Å²) < 4.78 is 4.87. The van der Waals surface area contributed by atoms with E-state index >= 15 is 0 Å². The Balaban J connectivity index is 2.19. The summed E-state index contributed by atoms with van der Waals surface area (Å²) >= 11 is 0. The van der Waals surface area contributed by atoms with E-state index in [1.807, 2.05) is 0 Å². The third-order valence-corrected chi connectivity index (χ3v) is 3.21. The van der Waals surface area contributed by atoms with Gasteiger partial charge in [-0.1, -0.05) is 19.3 Å². The maximum atomic E-state index is 11.5. The Kier molecular flexibility index (Phi) is 7.97. The van der Waals surface area contributed by atoms with Gasteiger partial charge in [0.25, 0.3) is 0 Å². The highest BCUT2D eigenvalue weighted by molar-refractivity contribution is 5.86. The van der Waals surface area contributed by atoms with E-state index < -0.39 is 0 Å². The number of nitrogens with one attached hydrogen (secondary N) is 3. The molecule has 6 nitrogen and oxygen atoms in total. The number of amides is 1. The van der Waals surface area contributed by atoms with Crippen LogP contribution in [0.15, 0.2) is 4.99 Å². The molecule has 0 radical (unpaired) electrons. The minimum atomic E-state index is -0.0522. The van der Waals surface area contributed by atoms with Crippen LogP contribution in [0.4, 0.5) is 0 Å². The van der Waals surface area contributed by atoms with Crippen LogP contribution in [0, 0.1) is 0 Å². The van der Waals surface area contributed by atoms with Crippen molar-refractivity contribution in [3.63, 3.8) is 0 Å². The second-order valence-electron chi connectivity index (χ2n) is 4.75. The molecule has 1 aliphatic carbocycles. The van der Waals surface area contributed by atoms with E-state index in [9.17, 15) is 4.79 Å². The SMILES string of the molecule is CN=C(NCC(=O)NCCOC)NC1CCCCC1. The molecule has 3 N–H and O–H groups in total. The highest BCUT2D eigenvalue weighted by atomic mass is 16.5. The molecule has 110 valence electrons. The minimum Gasteiger partial charge on any atom is -0.383 e. The van der Waals surface area contributed by atoms with E-state index in [-0.39, 0.29) is 12.5 Å². The van der Waals surface area contributed by atoms with Gasteiger partial charge in [0.15, 0.2) is 5.96 Å². The van der Waals surface area contributed by atoms with Gasteiger partial charge in [-0.3, -0.25) is 9.79 Å². The summed E-state index contributed by atoms with van der Waals surface area (Å²) in [4.78, 5) is 15.7. The standard InChI is InChI=1S/C13H26N4O2/c1-14-13(17-11-6-4-3-5-7-11)16-10-12(18)15-8-9-19-2/h11H,3-10H2,1-2H3,(H,15,18)(H2,14,16,17). The first-order valence-corrected chi connectivity index (χ1v) is 6.99. The molecule has 1 rings (SSSR count). The van der Waals surface area contributed by atoms with E-state index in [0.717, 1.165) is 0 Å². The number of hydrogen-bond acceptors (Lipinski definition) is 3. The molecule has 0 unspecified atom stereocenters. The highest BCUT2D eigenvalue weighted by Crippen LogP contribution is 2.16. The number of carbonyl (C=O) groups is 1. The predicted molar refractivity (Wildman–Crippen MR) is 76.3 cm³/mol. The molecular weight excluding hydrogens is 244 g/mol. The van der Waals surface area contributed by atoms with Gasteiger partial charge in [0.1, 0.15) is 0 Å². The van der Waals surface area contributed by atoms with Crippen LogP contribution in [0.1, 0.15) is 32.1 Å². The Morgan fingerprint density at radius 2 is 2.00 bits per heavy atom. The lowest BCUT2D eigenvalue weighted by Gasteiger charge is -2.24. The molecule has 0 aromatic rings. The molecule has 0 atom stereocenters. The smallest absolute Gasteiger partial charge is 0.239 e. The minimum absolute atomic E-state index is 0.0522. The van der Waals surface area contributed by atoms with Crippen molar-refractivity contribution >= 4 is 11.9 Å². The van der Waals surface area contributed by atoms with Gasteiger partial charge >= 0.3 is 0 Å². The zero-order chi connectivity index (χ0) is 13.9. The summed E-state index contributed by atoms with van der Waals surface area (Å²) in [7, 11) is 3.33. The van der Waals surface area contributed by atoms with Gasteiger partial charge in [0.2, 0.25) is 5.91 Å². The number of hydrogen-bond donors (Lipinski definition) is 3. The summed E-state index contributed by atoms with van der Waals surface area (Å²) in [5.41, 5.74) is 0. The largest absolute Gasteiger partial charge is 0.383 e. The summed E-state index contributed by atoms with van der Waals surface area (Å²) in [5.74, 6) is 0.650. The van der Waals surface area contributed by atoms with Crippen molar-refractivity contribution in [3.8, 4) is 0 Å². The summed E-state index contributed by atoms with van der Waals surface area (Å²) in [6, 6.07) is 0.483. The van der Waals surface area contributed by atoms with E-state index in [1.165, 1.54) is 32.1 Å². The maximum Gasteiger partial charge on any atom is 0.239 e. The zero-order valence-corrected chi connectivity index (χ0v) is 12.0. The predicted octanol–water partition coefficient (Wildman–Crippen LogP) is 0.247. The molecule has 0 aromatic heterocycles. The second-order valence-corrected chi connectivity index (χ2v) is 4.75. The molecule has 0 saturated heterocycles. The molecule has 0 bridgehead atoms. The van der Waals surface area contributed by atoms with Crippen LogP contribution in [0.25, 0.3) is 0 Å². The van der Waals surface area contributed by atoms with Crippen molar-refractivity contribution in [1.82, 2.24) is 16.0 Å². The number of aliphatic imine (C=N–C) groups is 1. The Morgan fingerprint density at radius 1 is 1.26 bits per heavy atom. The van der Waals surface area contributed by atoms with Crippen molar-refractivity contribution in [2.45, 2.75) is 38.1 Å². The third-order valence-electron chi connectivity index (χ3n) is 3.21. The molecule has 1 aliphatic rings. The number of nitrogens with zero attached hydrogens (tertiary/aromatic N) is 1. The van der Waals surface area contributed by atoms with Gasteiger partial charge in [-0.25, -0.2) is 0 Å². The Bertz CT molecular complexity index is 288. The average molecular weight is 270 g/mol. The normalized spacial score (nSPS) is 17.1. The van der Waals surface area contributed by atoms with E-state index in [0.29, 0.717) is 25.2 Å². The van der Waals surface area contributed by atoms with Crippen molar-refractivity contribution < 1.29 is 9.53 Å². The van der Waals surface area contributed by atoms with Crippen LogP contribution in [0.2, 0.25) is 0 Å². The maximum absolute atomic E-state index is 11.5. The van der Waals surface area contributed by atoms with Gasteiger partial charge in [0, 0.05) is 26.7 Å². The molecule has 1 amide bonds. The van der Waals surface area contributed by atoms with E-state index in [1.54, 1.807) is 14.2 Å². The lowest BCUT2D eigenvalue weighted by molar-refractivity contribution is -0.120. The Hall–Kier alpha value is -1.30. The fraction of sp³-hybridized carbons (Fsp3) is 0.846. The summed E-state index contributed by atoms with van der Waals surface area (Å²) in [6.45, 7) is 1.29. The zero-order valence-electron chi connectivity index (χ0n) is 12.0. The number of ether oxygens (including phenoxy) is 1. The van der Waals surface area contributed by atoms with Crippen molar-refractivity contribution in [1.29, 1.82) is 0 Å². The van der Waals surface area contributed by atoms with Crippen LogP contribution >= 0.6 is 0 Å². The molecule has 1 saturated carbocycles. The van der Waals surface area contributed by atoms with Crippen LogP contribution in [0.3, 0.4) is 0 Å². The molecule has 1 fully saturated rings. The first-order chi connectivity index (χ1) is 9.26. The third kappa shape index (κ3) is 7.00. The topological polar surface area (TPSA) is 74.8 Å². The lowest BCUT2D eigenvalue weighted by Crippen LogP contribution is -2.47. The van der Waals surface area contributed by atoms with Crippen molar-refractivity contribution in [2.24, 2.45) is 4.99 Å². The van der Waals surface area contributed by atoms with E-state index in [4.69, 9.17) is 4.74 Å². The number of methoxy groups -OCH3 is 1. The van der Waals surface area contributed by atoms with Crippen molar-refractivity contribution in [3.05, 3.63) is 0 Å². The number of carbonyl (C=O) groups excluding carboxylic acids is 1. The molecule has 0 spiro atoms. The highest BCUT2D eigenvalue weighted by Gasteiger charge is 2.14. The monoisotopic (exact) mass is 270 g/mol. The summed E-state index contributed by atoms with van der Waals surface area (Å²) in [5, 5.41) is 9.15. The second kappa shape index (κ2) is 9.61. The van der Waals surface area contributed by atoms with Crippen LogP contribution in [-0.4, -0.2) is 51.8 Å². The van der Waals surface area contributed by atoms with E-state index in [2.05, 4.69) is 20.9 Å². The first-order valence-electron chi connectivity index (χ1n) is 6.99. The number of guanidine groups is 1. The van der Waals surface area contributed by atoms with Crippen LogP contribution in [0.5, 0.6) is 0 Å². The van der Waals surface area contributed by atoms with Crippen LogP contribution < -0.4 is 16.0 Å². The molecule has 0 aromatic carbocycles. The quantitative estimate of drug-likeness (QED) is 0.367. The number of rotatable bonds is 6. The summed E-state index contributed by atoms with van der Waals surface area (Å²) in [6.07, 6.45) is 6.23.